The van der Waals surface area contributed by atoms with Gasteiger partial charge in [0.2, 0.25) is 0 Å². The maximum absolute atomic E-state index is 6.07. The molecular formula is C12H18Cl2NO-. The molecule has 0 aliphatic heterocycles. The fourth-order valence-electron chi connectivity index (χ4n) is 1.36. The van der Waals surface area contributed by atoms with Gasteiger partial charge in [0.15, 0.2) is 0 Å². The zero-order valence-electron chi connectivity index (χ0n) is 9.94. The summed E-state index contributed by atoms with van der Waals surface area (Å²) >= 11 is 6.07. The van der Waals surface area contributed by atoms with Gasteiger partial charge < -0.3 is 22.5 Å². The van der Waals surface area contributed by atoms with E-state index < -0.39 is 0 Å². The molecule has 0 heterocycles. The van der Waals surface area contributed by atoms with Gasteiger partial charge in [-0.05, 0) is 51.1 Å². The summed E-state index contributed by atoms with van der Waals surface area (Å²) in [7, 11) is 1.94. The van der Waals surface area contributed by atoms with Crippen molar-refractivity contribution in [3.63, 3.8) is 0 Å². The van der Waals surface area contributed by atoms with Crippen molar-refractivity contribution in [1.29, 1.82) is 0 Å². The highest BCUT2D eigenvalue weighted by Gasteiger charge is 2.07. The van der Waals surface area contributed by atoms with Crippen molar-refractivity contribution in [2.75, 3.05) is 20.2 Å². The number of nitrogens with one attached hydrogen (secondary N) is 1. The molecule has 92 valence electrons. The average molecular weight is 263 g/mol. The van der Waals surface area contributed by atoms with E-state index >= 15 is 0 Å². The lowest BCUT2D eigenvalue weighted by molar-refractivity contribution is -0.00000364. The first-order valence-corrected chi connectivity index (χ1v) is 5.57. The van der Waals surface area contributed by atoms with E-state index in [2.05, 4.69) is 12.2 Å². The van der Waals surface area contributed by atoms with Crippen LogP contribution in [0.2, 0.25) is 5.02 Å². The van der Waals surface area contributed by atoms with E-state index in [4.69, 9.17) is 16.3 Å². The molecular weight excluding hydrogens is 245 g/mol. The largest absolute Gasteiger partial charge is 1.00 e. The molecule has 0 bridgehead atoms. The monoisotopic (exact) mass is 262 g/mol. The maximum Gasteiger partial charge on any atom is 0.141 e. The number of aryl methyl sites for hydroxylation is 1. The quantitative estimate of drug-likeness (QED) is 0.752. The van der Waals surface area contributed by atoms with Gasteiger partial charge in [0.25, 0.3) is 0 Å². The van der Waals surface area contributed by atoms with E-state index in [0.29, 0.717) is 11.6 Å². The van der Waals surface area contributed by atoms with Crippen molar-refractivity contribution < 1.29 is 17.1 Å². The van der Waals surface area contributed by atoms with Crippen LogP contribution in [-0.4, -0.2) is 20.2 Å². The molecule has 1 rings (SSSR count). The van der Waals surface area contributed by atoms with Gasteiger partial charge in [-0.25, -0.2) is 0 Å². The van der Waals surface area contributed by atoms with Crippen molar-refractivity contribution in [2.24, 2.45) is 0 Å². The van der Waals surface area contributed by atoms with Gasteiger partial charge in [0, 0.05) is 0 Å². The summed E-state index contributed by atoms with van der Waals surface area (Å²) in [5.41, 5.74) is 2.34. The van der Waals surface area contributed by atoms with Crippen LogP contribution in [0, 0.1) is 13.8 Å². The van der Waals surface area contributed by atoms with Crippen LogP contribution < -0.4 is 22.5 Å². The molecule has 1 aromatic carbocycles. The number of ether oxygens (including phenoxy) is 1. The van der Waals surface area contributed by atoms with Gasteiger partial charge in [0.1, 0.15) is 5.75 Å². The Bertz CT molecular complexity index is 329. The summed E-state index contributed by atoms with van der Waals surface area (Å²) in [6.45, 7) is 5.76. The maximum atomic E-state index is 6.07. The highest BCUT2D eigenvalue weighted by Crippen LogP contribution is 2.30. The Morgan fingerprint density at radius 2 is 2.00 bits per heavy atom. The fourth-order valence-corrected chi connectivity index (χ4v) is 1.62. The fraction of sp³-hybridized carbons (Fsp3) is 0.500. The summed E-state index contributed by atoms with van der Waals surface area (Å²) in [6, 6.07) is 3.90. The molecule has 0 fully saturated rings. The SMILES string of the molecule is CNCCCOc1c(Cl)ccc(C)c1C.[Cl-]. The molecule has 0 aromatic heterocycles. The Balaban J connectivity index is 0.00000225. The Morgan fingerprint density at radius 3 is 2.62 bits per heavy atom. The Kier molecular flexibility index (Phi) is 7.56. The molecule has 0 unspecified atom stereocenters. The van der Waals surface area contributed by atoms with Crippen LogP contribution in [0.5, 0.6) is 5.75 Å². The van der Waals surface area contributed by atoms with Crippen molar-refractivity contribution in [3.05, 3.63) is 28.3 Å². The van der Waals surface area contributed by atoms with Gasteiger partial charge >= 0.3 is 0 Å². The number of hydrogen-bond acceptors (Lipinski definition) is 2. The molecule has 0 radical (unpaired) electrons. The molecule has 0 atom stereocenters. The van der Waals surface area contributed by atoms with Crippen LogP contribution in [0.3, 0.4) is 0 Å². The van der Waals surface area contributed by atoms with Crippen LogP contribution in [-0.2, 0) is 0 Å². The smallest absolute Gasteiger partial charge is 0.141 e. The standard InChI is InChI=1S/C12H18ClNO.ClH/c1-9-5-6-11(13)12(10(9)2)15-8-4-7-14-3;/h5-6,14H,4,7-8H2,1-3H3;1H/p-1. The van der Waals surface area contributed by atoms with Gasteiger partial charge in [-0.1, -0.05) is 17.7 Å². The second-order valence-electron chi connectivity index (χ2n) is 3.62. The third kappa shape index (κ3) is 4.20. The molecule has 0 amide bonds. The summed E-state index contributed by atoms with van der Waals surface area (Å²) in [5.74, 6) is 0.827. The van der Waals surface area contributed by atoms with E-state index in [9.17, 15) is 0 Å². The second-order valence-corrected chi connectivity index (χ2v) is 4.03. The molecule has 0 aliphatic carbocycles. The van der Waals surface area contributed by atoms with Crippen LogP contribution in [0.4, 0.5) is 0 Å². The number of rotatable bonds is 5. The zero-order chi connectivity index (χ0) is 11.3. The van der Waals surface area contributed by atoms with Crippen LogP contribution in [0.25, 0.3) is 0 Å². The minimum atomic E-state index is 0. The summed E-state index contributed by atoms with van der Waals surface area (Å²) in [6.07, 6.45) is 0.986. The van der Waals surface area contributed by atoms with Crippen LogP contribution in [0.15, 0.2) is 12.1 Å². The van der Waals surface area contributed by atoms with E-state index in [0.717, 1.165) is 24.3 Å². The molecule has 0 saturated heterocycles. The Labute approximate surface area is 109 Å². The van der Waals surface area contributed by atoms with Crippen molar-refractivity contribution in [1.82, 2.24) is 5.32 Å². The first-order chi connectivity index (χ1) is 7.16. The lowest BCUT2D eigenvalue weighted by Gasteiger charge is -2.12. The molecule has 1 N–H and O–H groups in total. The molecule has 0 spiro atoms. The predicted octanol–water partition coefficient (Wildman–Crippen LogP) is -0.0509. The number of benzene rings is 1. The van der Waals surface area contributed by atoms with Crippen molar-refractivity contribution in [3.8, 4) is 5.75 Å². The summed E-state index contributed by atoms with van der Waals surface area (Å²) in [5, 5.41) is 3.78. The lowest BCUT2D eigenvalue weighted by atomic mass is 10.1. The molecule has 2 nitrogen and oxygen atoms in total. The number of hydrogen-bond donors (Lipinski definition) is 1. The highest BCUT2D eigenvalue weighted by atomic mass is 35.5. The van der Waals surface area contributed by atoms with Gasteiger partial charge in [-0.3, -0.25) is 0 Å². The van der Waals surface area contributed by atoms with E-state index in [1.807, 2.05) is 26.1 Å². The third-order valence-electron chi connectivity index (χ3n) is 2.45. The first kappa shape index (κ1) is 15.6. The molecule has 1 aromatic rings. The van der Waals surface area contributed by atoms with Crippen molar-refractivity contribution >= 4 is 11.6 Å². The minimum Gasteiger partial charge on any atom is -1.00 e. The van der Waals surface area contributed by atoms with Gasteiger partial charge in [0.05, 0.1) is 11.6 Å². The summed E-state index contributed by atoms with van der Waals surface area (Å²) < 4.78 is 5.68. The third-order valence-corrected chi connectivity index (χ3v) is 2.74. The molecule has 0 aliphatic rings. The second kappa shape index (κ2) is 7.77. The Morgan fingerprint density at radius 1 is 1.31 bits per heavy atom. The van der Waals surface area contributed by atoms with Crippen LogP contribution >= 0.6 is 11.6 Å². The highest BCUT2D eigenvalue weighted by molar-refractivity contribution is 6.32. The molecule has 16 heavy (non-hydrogen) atoms. The predicted molar refractivity (Wildman–Crippen MR) is 65.0 cm³/mol. The Hall–Kier alpha value is -0.440. The lowest BCUT2D eigenvalue weighted by Crippen LogP contribution is -3.00. The van der Waals surface area contributed by atoms with Gasteiger partial charge in [-0.2, -0.15) is 0 Å². The van der Waals surface area contributed by atoms with Crippen molar-refractivity contribution in [2.45, 2.75) is 20.3 Å². The van der Waals surface area contributed by atoms with E-state index in [1.54, 1.807) is 0 Å². The topological polar surface area (TPSA) is 21.3 Å². The normalized spacial score (nSPS) is 9.75. The first-order valence-electron chi connectivity index (χ1n) is 5.20. The van der Waals surface area contributed by atoms with E-state index in [1.165, 1.54) is 5.56 Å². The molecule has 0 saturated carbocycles. The van der Waals surface area contributed by atoms with Gasteiger partial charge in [-0.15, -0.1) is 0 Å². The van der Waals surface area contributed by atoms with Crippen LogP contribution in [0.1, 0.15) is 17.5 Å². The van der Waals surface area contributed by atoms with E-state index in [-0.39, 0.29) is 12.4 Å². The zero-order valence-corrected chi connectivity index (χ0v) is 11.5. The number of halogens is 2. The minimum absolute atomic E-state index is 0. The summed E-state index contributed by atoms with van der Waals surface area (Å²) in [4.78, 5) is 0. The molecule has 4 heteroatoms. The average Bonchev–Trinajstić information content (AvgIpc) is 2.23.